The molecule has 0 aliphatic carbocycles. The highest BCUT2D eigenvalue weighted by Crippen LogP contribution is 2.24. The SMILES string of the molecule is C[C@H](NC(=O)c1nccc(NC=O)c1O)C(=O)O. The van der Waals surface area contributed by atoms with Gasteiger partial charge in [-0.25, -0.2) is 4.98 Å². The van der Waals surface area contributed by atoms with Crippen LogP contribution in [0, 0.1) is 0 Å². The molecular weight excluding hydrogens is 242 g/mol. The monoisotopic (exact) mass is 253 g/mol. The van der Waals surface area contributed by atoms with E-state index in [2.05, 4.69) is 15.6 Å². The average molecular weight is 253 g/mol. The van der Waals surface area contributed by atoms with Crippen LogP contribution in [-0.2, 0) is 9.59 Å². The summed E-state index contributed by atoms with van der Waals surface area (Å²) < 4.78 is 0. The third kappa shape index (κ3) is 2.94. The van der Waals surface area contributed by atoms with Crippen molar-refractivity contribution in [3.63, 3.8) is 0 Å². The predicted molar refractivity (Wildman–Crippen MR) is 60.2 cm³/mol. The fourth-order valence-electron chi connectivity index (χ4n) is 1.13. The summed E-state index contributed by atoms with van der Waals surface area (Å²) in [5.41, 5.74) is -0.358. The molecule has 0 unspecified atom stereocenters. The van der Waals surface area contributed by atoms with E-state index >= 15 is 0 Å². The maximum atomic E-state index is 11.6. The third-order valence-electron chi connectivity index (χ3n) is 2.07. The highest BCUT2D eigenvalue weighted by Gasteiger charge is 2.20. The minimum Gasteiger partial charge on any atom is -0.504 e. The van der Waals surface area contributed by atoms with Gasteiger partial charge in [0.15, 0.2) is 11.4 Å². The first-order valence-corrected chi connectivity index (χ1v) is 4.89. The molecule has 1 rings (SSSR count). The molecule has 96 valence electrons. The molecule has 0 radical (unpaired) electrons. The van der Waals surface area contributed by atoms with Crippen molar-refractivity contribution in [2.75, 3.05) is 5.32 Å². The molecule has 1 atom stereocenters. The number of carboxylic acid groups (broad SMARTS) is 1. The fraction of sp³-hybridized carbons (Fsp3) is 0.200. The Hall–Kier alpha value is -2.64. The summed E-state index contributed by atoms with van der Waals surface area (Å²) in [6, 6.07) is 0.169. The summed E-state index contributed by atoms with van der Waals surface area (Å²) >= 11 is 0. The molecule has 0 saturated carbocycles. The quantitative estimate of drug-likeness (QED) is 0.526. The molecule has 0 saturated heterocycles. The maximum Gasteiger partial charge on any atom is 0.325 e. The predicted octanol–water partition coefficient (Wildman–Crippen LogP) is -0.442. The van der Waals surface area contributed by atoms with Gasteiger partial charge in [0.05, 0.1) is 5.69 Å². The molecule has 4 N–H and O–H groups in total. The van der Waals surface area contributed by atoms with Gasteiger partial charge in [-0.2, -0.15) is 0 Å². The lowest BCUT2D eigenvalue weighted by molar-refractivity contribution is -0.138. The second-order valence-electron chi connectivity index (χ2n) is 3.35. The zero-order valence-corrected chi connectivity index (χ0v) is 9.38. The van der Waals surface area contributed by atoms with Gasteiger partial charge in [-0.1, -0.05) is 0 Å². The summed E-state index contributed by atoms with van der Waals surface area (Å²) in [7, 11) is 0. The molecule has 1 aromatic heterocycles. The first-order valence-electron chi connectivity index (χ1n) is 4.89. The molecular formula is C10H11N3O5. The van der Waals surface area contributed by atoms with E-state index in [9.17, 15) is 19.5 Å². The van der Waals surface area contributed by atoms with Gasteiger partial charge in [0.1, 0.15) is 6.04 Å². The fourth-order valence-corrected chi connectivity index (χ4v) is 1.13. The number of nitrogens with one attached hydrogen (secondary N) is 2. The van der Waals surface area contributed by atoms with Crippen molar-refractivity contribution >= 4 is 24.0 Å². The van der Waals surface area contributed by atoms with Crippen LogP contribution in [0.4, 0.5) is 5.69 Å². The number of carboxylic acids is 1. The maximum absolute atomic E-state index is 11.6. The van der Waals surface area contributed by atoms with E-state index in [0.717, 1.165) is 0 Å². The van der Waals surface area contributed by atoms with Crippen molar-refractivity contribution in [1.82, 2.24) is 10.3 Å². The number of aromatic nitrogens is 1. The van der Waals surface area contributed by atoms with E-state index < -0.39 is 23.7 Å². The van der Waals surface area contributed by atoms with Crippen molar-refractivity contribution in [2.45, 2.75) is 13.0 Å². The topological polar surface area (TPSA) is 129 Å². The summed E-state index contributed by atoms with van der Waals surface area (Å²) in [5.74, 6) is -2.60. The van der Waals surface area contributed by atoms with Crippen LogP contribution in [0.15, 0.2) is 12.3 Å². The van der Waals surface area contributed by atoms with Crippen molar-refractivity contribution in [2.24, 2.45) is 0 Å². The van der Waals surface area contributed by atoms with E-state index in [1.54, 1.807) is 0 Å². The molecule has 0 bridgehead atoms. The number of nitrogens with zero attached hydrogens (tertiary/aromatic N) is 1. The molecule has 0 fully saturated rings. The molecule has 0 aliphatic heterocycles. The molecule has 0 spiro atoms. The summed E-state index contributed by atoms with van der Waals surface area (Å²) in [5, 5.41) is 22.6. The standard InChI is InChI=1S/C10H11N3O5/c1-5(10(17)18)13-9(16)7-8(15)6(12-4-14)2-3-11-7/h2-5,15H,1H3,(H,13,16)(H,17,18)(H,11,12,14)/t5-/m0/s1. The molecule has 0 aromatic carbocycles. The molecule has 1 aromatic rings. The van der Waals surface area contributed by atoms with Crippen LogP contribution in [0.5, 0.6) is 5.75 Å². The van der Waals surface area contributed by atoms with Crippen LogP contribution in [0.2, 0.25) is 0 Å². The number of rotatable bonds is 5. The Kier molecular flexibility index (Phi) is 4.19. The molecule has 18 heavy (non-hydrogen) atoms. The summed E-state index contributed by atoms with van der Waals surface area (Å²) in [6.45, 7) is 1.27. The van der Waals surface area contributed by atoms with Gasteiger partial charge >= 0.3 is 5.97 Å². The van der Waals surface area contributed by atoms with Crippen LogP contribution >= 0.6 is 0 Å². The van der Waals surface area contributed by atoms with E-state index in [1.165, 1.54) is 19.2 Å². The normalized spacial score (nSPS) is 11.4. The Morgan fingerprint density at radius 2 is 2.17 bits per heavy atom. The highest BCUT2D eigenvalue weighted by molar-refractivity contribution is 5.99. The number of pyridine rings is 1. The van der Waals surface area contributed by atoms with E-state index in [1.807, 2.05) is 0 Å². The lowest BCUT2D eigenvalue weighted by Crippen LogP contribution is -2.38. The molecule has 1 heterocycles. The molecule has 8 heteroatoms. The first kappa shape index (κ1) is 13.4. The number of hydrogen-bond acceptors (Lipinski definition) is 5. The van der Waals surface area contributed by atoms with Crippen LogP contribution in [-0.4, -0.2) is 39.5 Å². The summed E-state index contributed by atoms with van der Waals surface area (Å²) in [4.78, 5) is 36.1. The van der Waals surface area contributed by atoms with E-state index in [4.69, 9.17) is 5.11 Å². The van der Waals surface area contributed by atoms with E-state index in [-0.39, 0.29) is 11.4 Å². The number of amides is 2. The number of carbonyl (C=O) groups excluding carboxylic acids is 2. The minimum atomic E-state index is -1.22. The Morgan fingerprint density at radius 3 is 2.72 bits per heavy atom. The summed E-state index contributed by atoms with van der Waals surface area (Å²) in [6.07, 6.45) is 1.53. The smallest absolute Gasteiger partial charge is 0.325 e. The number of hydrogen-bond donors (Lipinski definition) is 4. The van der Waals surface area contributed by atoms with Crippen molar-refractivity contribution in [1.29, 1.82) is 0 Å². The second kappa shape index (κ2) is 5.62. The Morgan fingerprint density at radius 1 is 1.50 bits per heavy atom. The van der Waals surface area contributed by atoms with Crippen molar-refractivity contribution in [3.8, 4) is 5.75 Å². The third-order valence-corrected chi connectivity index (χ3v) is 2.07. The van der Waals surface area contributed by atoms with Crippen LogP contribution < -0.4 is 10.6 Å². The largest absolute Gasteiger partial charge is 0.504 e. The number of aliphatic carboxylic acids is 1. The number of aromatic hydroxyl groups is 1. The minimum absolute atomic E-state index is 0.00753. The van der Waals surface area contributed by atoms with Crippen LogP contribution in [0.3, 0.4) is 0 Å². The van der Waals surface area contributed by atoms with Gasteiger partial charge in [-0.3, -0.25) is 14.4 Å². The molecule has 0 aliphatic rings. The van der Waals surface area contributed by atoms with E-state index in [0.29, 0.717) is 6.41 Å². The van der Waals surface area contributed by atoms with Gasteiger partial charge < -0.3 is 20.8 Å². The van der Waals surface area contributed by atoms with Crippen LogP contribution in [0.1, 0.15) is 17.4 Å². The second-order valence-corrected chi connectivity index (χ2v) is 3.35. The van der Waals surface area contributed by atoms with Gasteiger partial charge in [-0.15, -0.1) is 0 Å². The van der Waals surface area contributed by atoms with Crippen LogP contribution in [0.25, 0.3) is 0 Å². The van der Waals surface area contributed by atoms with Gasteiger partial charge in [0.25, 0.3) is 5.91 Å². The molecule has 2 amide bonds. The highest BCUT2D eigenvalue weighted by atomic mass is 16.4. The van der Waals surface area contributed by atoms with Gasteiger partial charge in [-0.05, 0) is 13.0 Å². The lowest BCUT2D eigenvalue weighted by Gasteiger charge is -2.10. The first-order chi connectivity index (χ1) is 8.47. The average Bonchev–Trinajstić information content (AvgIpc) is 2.31. The number of carbonyl (C=O) groups is 3. The zero-order valence-electron chi connectivity index (χ0n) is 9.38. The van der Waals surface area contributed by atoms with Crippen molar-refractivity contribution < 1.29 is 24.6 Å². The Balaban J connectivity index is 2.95. The Bertz CT molecular complexity index is 488. The Labute approximate surface area is 102 Å². The van der Waals surface area contributed by atoms with Gasteiger partial charge in [0.2, 0.25) is 6.41 Å². The van der Waals surface area contributed by atoms with Gasteiger partial charge in [0, 0.05) is 6.20 Å². The number of anilines is 1. The lowest BCUT2D eigenvalue weighted by atomic mass is 10.2. The zero-order chi connectivity index (χ0) is 13.7. The molecule has 8 nitrogen and oxygen atoms in total. The van der Waals surface area contributed by atoms with Crippen molar-refractivity contribution in [3.05, 3.63) is 18.0 Å².